The summed E-state index contributed by atoms with van der Waals surface area (Å²) in [5.41, 5.74) is 0. The standard InChI is InChI=1S/C60H116O17P2/c1-5-9-13-17-21-24-25-26-27-28-29-31-34-37-41-45-58(63)71-51-56(77-60(65)47-43-39-35-30-22-18-14-10-6-2)53-75-79(68,69)73-49-54(61)48-72-78(66,67)74-52-55(50-70-57(62)44-40-36-32-20-16-12-8-4)76-59(64)46-42-38-33-23-19-15-11-7-3/h54-56,61H,5-53H2,1-4H3,(H,66,67)(H,68,69)/t54-,55-,56-/m1/s1. The molecule has 468 valence electrons. The first kappa shape index (κ1) is 77.1. The number of phosphoric acid groups is 2. The Morgan fingerprint density at radius 1 is 0.304 bits per heavy atom. The summed E-state index contributed by atoms with van der Waals surface area (Å²) < 4.78 is 67.6. The number of ether oxygens (including phenoxy) is 4. The molecule has 0 spiro atoms. The summed E-state index contributed by atoms with van der Waals surface area (Å²) in [6.07, 6.45) is 39.1. The van der Waals surface area contributed by atoms with Crippen LogP contribution in [0.4, 0.5) is 0 Å². The van der Waals surface area contributed by atoms with E-state index in [1.165, 1.54) is 116 Å². The highest BCUT2D eigenvalue weighted by Crippen LogP contribution is 2.45. The van der Waals surface area contributed by atoms with E-state index in [2.05, 4.69) is 27.7 Å². The molecule has 0 saturated carbocycles. The topological polar surface area (TPSA) is 237 Å². The highest BCUT2D eigenvalue weighted by Gasteiger charge is 2.30. The predicted octanol–water partition coefficient (Wildman–Crippen LogP) is 16.4. The van der Waals surface area contributed by atoms with Gasteiger partial charge in [0, 0.05) is 25.7 Å². The molecule has 19 heteroatoms. The van der Waals surface area contributed by atoms with E-state index >= 15 is 0 Å². The van der Waals surface area contributed by atoms with Crippen molar-refractivity contribution in [1.82, 2.24) is 0 Å². The minimum absolute atomic E-state index is 0.105. The molecule has 0 saturated heterocycles. The van der Waals surface area contributed by atoms with Crippen LogP contribution in [-0.4, -0.2) is 96.7 Å². The Bertz CT molecular complexity index is 1540. The molecule has 0 bridgehead atoms. The van der Waals surface area contributed by atoms with E-state index in [9.17, 15) is 43.2 Å². The molecular weight excluding hydrogens is 1050 g/mol. The van der Waals surface area contributed by atoms with Crippen LogP contribution < -0.4 is 0 Å². The van der Waals surface area contributed by atoms with E-state index in [4.69, 9.17) is 37.0 Å². The second-order valence-electron chi connectivity index (χ2n) is 21.7. The van der Waals surface area contributed by atoms with Crippen LogP contribution in [0, 0.1) is 0 Å². The normalized spacial score (nSPS) is 14.3. The fourth-order valence-corrected chi connectivity index (χ4v) is 10.5. The van der Waals surface area contributed by atoms with Crippen molar-refractivity contribution >= 4 is 39.5 Å². The van der Waals surface area contributed by atoms with Crippen LogP contribution in [0.2, 0.25) is 0 Å². The van der Waals surface area contributed by atoms with Gasteiger partial charge in [0.2, 0.25) is 0 Å². The molecule has 0 fully saturated rings. The van der Waals surface area contributed by atoms with Crippen molar-refractivity contribution in [1.29, 1.82) is 0 Å². The van der Waals surface area contributed by atoms with Crippen LogP contribution in [0.3, 0.4) is 0 Å². The first-order valence-electron chi connectivity index (χ1n) is 31.8. The molecular formula is C60H116O17P2. The van der Waals surface area contributed by atoms with Crippen molar-refractivity contribution in [2.24, 2.45) is 0 Å². The van der Waals surface area contributed by atoms with Crippen LogP contribution in [0.1, 0.15) is 304 Å². The van der Waals surface area contributed by atoms with E-state index in [0.717, 1.165) is 109 Å². The molecule has 0 heterocycles. The molecule has 2 unspecified atom stereocenters. The Balaban J connectivity index is 5.14. The van der Waals surface area contributed by atoms with Gasteiger partial charge < -0.3 is 33.8 Å². The molecule has 0 aromatic heterocycles. The van der Waals surface area contributed by atoms with Crippen molar-refractivity contribution in [3.05, 3.63) is 0 Å². The Kier molecular flexibility index (Phi) is 53.9. The van der Waals surface area contributed by atoms with E-state index < -0.39 is 97.5 Å². The zero-order valence-corrected chi connectivity index (χ0v) is 52.1. The first-order chi connectivity index (χ1) is 38.2. The molecule has 3 N–H and O–H groups in total. The fraction of sp³-hybridized carbons (Fsp3) is 0.933. The largest absolute Gasteiger partial charge is 0.472 e. The highest BCUT2D eigenvalue weighted by molar-refractivity contribution is 7.47. The predicted molar refractivity (Wildman–Crippen MR) is 312 cm³/mol. The number of carbonyl (C=O) groups is 4. The number of rotatable bonds is 61. The Morgan fingerprint density at radius 2 is 0.506 bits per heavy atom. The third-order valence-electron chi connectivity index (χ3n) is 13.9. The van der Waals surface area contributed by atoms with E-state index in [1.54, 1.807) is 0 Å². The SMILES string of the molecule is CCCCCCCCCCCCCCCCCC(=O)OC[C@H](COP(=O)(O)OC[C@H](O)COP(=O)(O)OC[C@@H](COC(=O)CCCCCCCCC)OC(=O)CCCCCCCCCC)OC(=O)CCCCCCCCCCC. The summed E-state index contributed by atoms with van der Waals surface area (Å²) in [4.78, 5) is 71.8. The molecule has 0 rings (SSSR count). The quantitative estimate of drug-likeness (QED) is 0.0222. The lowest BCUT2D eigenvalue weighted by atomic mass is 10.0. The van der Waals surface area contributed by atoms with Crippen LogP contribution in [0.5, 0.6) is 0 Å². The van der Waals surface area contributed by atoms with Gasteiger partial charge in [-0.3, -0.25) is 37.3 Å². The van der Waals surface area contributed by atoms with Gasteiger partial charge in [-0.25, -0.2) is 9.13 Å². The Morgan fingerprint density at radius 3 is 0.747 bits per heavy atom. The smallest absolute Gasteiger partial charge is 0.462 e. The van der Waals surface area contributed by atoms with Gasteiger partial charge in [-0.2, -0.15) is 0 Å². The summed E-state index contributed by atoms with van der Waals surface area (Å²) in [7, 11) is -9.87. The van der Waals surface area contributed by atoms with Crippen LogP contribution >= 0.6 is 15.6 Å². The van der Waals surface area contributed by atoms with Gasteiger partial charge in [-0.15, -0.1) is 0 Å². The molecule has 0 aromatic carbocycles. The molecule has 0 amide bonds. The van der Waals surface area contributed by atoms with E-state index in [-0.39, 0.29) is 25.7 Å². The summed E-state index contributed by atoms with van der Waals surface area (Å²) in [5, 5.41) is 10.5. The lowest BCUT2D eigenvalue weighted by molar-refractivity contribution is -0.161. The van der Waals surface area contributed by atoms with Crippen LogP contribution in [0.25, 0.3) is 0 Å². The molecule has 0 aliphatic carbocycles. The number of aliphatic hydroxyl groups is 1. The van der Waals surface area contributed by atoms with Gasteiger partial charge in [-0.1, -0.05) is 252 Å². The fourth-order valence-electron chi connectivity index (χ4n) is 8.93. The second-order valence-corrected chi connectivity index (χ2v) is 24.6. The first-order valence-corrected chi connectivity index (χ1v) is 34.8. The maximum atomic E-state index is 12.9. The maximum Gasteiger partial charge on any atom is 0.472 e. The van der Waals surface area contributed by atoms with Gasteiger partial charge in [0.15, 0.2) is 12.2 Å². The average Bonchev–Trinajstić information content (AvgIpc) is 3.42. The molecule has 0 aromatic rings. The Hall–Kier alpha value is -1.94. The van der Waals surface area contributed by atoms with Crippen LogP contribution in [0.15, 0.2) is 0 Å². The summed E-state index contributed by atoms with van der Waals surface area (Å²) >= 11 is 0. The number of hydrogen-bond acceptors (Lipinski definition) is 15. The Labute approximate surface area is 479 Å². The van der Waals surface area contributed by atoms with E-state index in [0.29, 0.717) is 25.7 Å². The molecule has 17 nitrogen and oxygen atoms in total. The lowest BCUT2D eigenvalue weighted by Gasteiger charge is -2.21. The monoisotopic (exact) mass is 1170 g/mol. The number of unbranched alkanes of at least 4 members (excludes halogenated alkanes) is 35. The van der Waals surface area contributed by atoms with Crippen molar-refractivity contribution in [2.45, 2.75) is 322 Å². The third-order valence-corrected chi connectivity index (χ3v) is 15.8. The number of aliphatic hydroxyl groups excluding tert-OH is 1. The number of esters is 4. The van der Waals surface area contributed by atoms with Crippen molar-refractivity contribution in [3.63, 3.8) is 0 Å². The molecule has 5 atom stereocenters. The van der Waals surface area contributed by atoms with Crippen molar-refractivity contribution in [2.75, 3.05) is 39.6 Å². The van der Waals surface area contributed by atoms with Gasteiger partial charge in [0.25, 0.3) is 0 Å². The minimum Gasteiger partial charge on any atom is -0.462 e. The average molecular weight is 1170 g/mol. The van der Waals surface area contributed by atoms with Gasteiger partial charge in [0.05, 0.1) is 26.4 Å². The lowest BCUT2D eigenvalue weighted by Crippen LogP contribution is -2.30. The molecule has 0 aliphatic rings. The third kappa shape index (κ3) is 55.0. The second kappa shape index (κ2) is 55.3. The molecule has 0 aliphatic heterocycles. The van der Waals surface area contributed by atoms with Gasteiger partial charge in [0.1, 0.15) is 19.3 Å². The summed E-state index contributed by atoms with van der Waals surface area (Å²) in [6, 6.07) is 0. The van der Waals surface area contributed by atoms with Gasteiger partial charge >= 0.3 is 39.5 Å². The number of phosphoric ester groups is 2. The van der Waals surface area contributed by atoms with E-state index in [1.807, 2.05) is 0 Å². The maximum absolute atomic E-state index is 12.9. The summed E-state index contributed by atoms with van der Waals surface area (Å²) in [6.45, 7) is 4.78. The van der Waals surface area contributed by atoms with Crippen LogP contribution in [-0.2, 0) is 65.4 Å². The van der Waals surface area contributed by atoms with Crippen molar-refractivity contribution < 1.29 is 80.2 Å². The zero-order valence-electron chi connectivity index (χ0n) is 50.3. The summed E-state index contributed by atoms with van der Waals surface area (Å²) in [5.74, 6) is -2.14. The minimum atomic E-state index is -4.94. The zero-order chi connectivity index (χ0) is 58.3. The highest BCUT2D eigenvalue weighted by atomic mass is 31.2. The molecule has 79 heavy (non-hydrogen) atoms. The van der Waals surface area contributed by atoms with Crippen molar-refractivity contribution in [3.8, 4) is 0 Å². The molecule has 0 radical (unpaired) electrons. The number of carbonyl (C=O) groups excluding carboxylic acids is 4. The number of hydrogen-bond donors (Lipinski definition) is 3. The van der Waals surface area contributed by atoms with Gasteiger partial charge in [-0.05, 0) is 25.7 Å².